The van der Waals surface area contributed by atoms with Gasteiger partial charge in [0.15, 0.2) is 5.13 Å². The van der Waals surface area contributed by atoms with Crippen LogP contribution in [0.15, 0.2) is 30.3 Å². The fraction of sp³-hybridized carbons (Fsp3) is 0.391. The van der Waals surface area contributed by atoms with Crippen LogP contribution in [0.4, 0.5) is 5.13 Å². The molecule has 2 aromatic carbocycles. The lowest BCUT2D eigenvalue weighted by molar-refractivity contribution is -0.118. The van der Waals surface area contributed by atoms with E-state index in [9.17, 15) is 4.79 Å². The summed E-state index contributed by atoms with van der Waals surface area (Å²) in [5, 5.41) is 1.27. The fourth-order valence-corrected chi connectivity index (χ4v) is 4.70. The molecule has 160 valence electrons. The third-order valence-corrected chi connectivity index (χ3v) is 6.56. The Hall–Kier alpha value is -2.15. The summed E-state index contributed by atoms with van der Waals surface area (Å²) < 4.78 is 6.28. The maximum Gasteiger partial charge on any atom is 0.233 e. The number of anilines is 1. The largest absolute Gasteiger partial charge is 0.494 e. The fourth-order valence-electron chi connectivity index (χ4n) is 3.40. The number of hydrogen-bond donors (Lipinski definition) is 0. The van der Waals surface area contributed by atoms with Crippen LogP contribution in [0.5, 0.6) is 5.75 Å². The minimum absolute atomic E-state index is 0.0369. The highest BCUT2D eigenvalue weighted by Gasteiger charge is 2.22. The van der Waals surface area contributed by atoms with E-state index in [-0.39, 0.29) is 5.91 Å². The molecule has 3 rings (SSSR count). The van der Waals surface area contributed by atoms with Gasteiger partial charge < -0.3 is 9.64 Å². The zero-order valence-electron chi connectivity index (χ0n) is 18.2. The molecule has 0 unspecified atom stereocenters. The summed E-state index contributed by atoms with van der Waals surface area (Å²) in [4.78, 5) is 22.0. The molecule has 0 saturated carbocycles. The highest BCUT2D eigenvalue weighted by molar-refractivity contribution is 7.23. The Morgan fingerprint density at radius 1 is 1.17 bits per heavy atom. The zero-order chi connectivity index (χ0) is 21.8. The minimum Gasteiger partial charge on any atom is -0.494 e. The number of benzene rings is 2. The first-order valence-corrected chi connectivity index (χ1v) is 11.1. The Labute approximate surface area is 187 Å². The minimum atomic E-state index is 0.0369. The van der Waals surface area contributed by atoms with Crippen LogP contribution in [-0.4, -0.2) is 50.1 Å². The van der Waals surface area contributed by atoms with E-state index < -0.39 is 0 Å². The SMILES string of the molecule is COc1ccc(Cl)c2sc(N(CCCN(C)C)C(=O)Cc3ccc(C)cc3C)nc12. The predicted molar refractivity (Wildman–Crippen MR) is 126 cm³/mol. The van der Waals surface area contributed by atoms with Crippen molar-refractivity contribution in [3.05, 3.63) is 52.0 Å². The van der Waals surface area contributed by atoms with Gasteiger partial charge in [0.2, 0.25) is 5.91 Å². The van der Waals surface area contributed by atoms with Crippen molar-refractivity contribution in [2.24, 2.45) is 0 Å². The summed E-state index contributed by atoms with van der Waals surface area (Å²) in [7, 11) is 5.68. The molecule has 0 aliphatic carbocycles. The average molecular weight is 446 g/mol. The van der Waals surface area contributed by atoms with Gasteiger partial charge >= 0.3 is 0 Å². The van der Waals surface area contributed by atoms with E-state index >= 15 is 0 Å². The lowest BCUT2D eigenvalue weighted by atomic mass is 10.0. The Morgan fingerprint density at radius 2 is 1.93 bits per heavy atom. The van der Waals surface area contributed by atoms with E-state index in [2.05, 4.69) is 17.9 Å². The normalized spacial score (nSPS) is 11.3. The van der Waals surface area contributed by atoms with Gasteiger partial charge in [0.05, 0.1) is 23.3 Å². The number of carbonyl (C=O) groups excluding carboxylic acids is 1. The molecule has 7 heteroatoms. The number of hydrogen-bond acceptors (Lipinski definition) is 5. The van der Waals surface area contributed by atoms with E-state index in [4.69, 9.17) is 21.3 Å². The smallest absolute Gasteiger partial charge is 0.233 e. The molecular weight excluding hydrogens is 418 g/mol. The Balaban J connectivity index is 1.94. The summed E-state index contributed by atoms with van der Waals surface area (Å²) in [6, 6.07) is 9.81. The number of thiazole rings is 1. The molecule has 0 N–H and O–H groups in total. The molecule has 0 aliphatic heterocycles. The maximum absolute atomic E-state index is 13.4. The molecule has 5 nitrogen and oxygen atoms in total. The van der Waals surface area contributed by atoms with Crippen molar-refractivity contribution in [1.29, 1.82) is 0 Å². The Bertz CT molecular complexity index is 1050. The number of nitrogens with zero attached hydrogens (tertiary/aromatic N) is 3. The second kappa shape index (κ2) is 9.77. The molecule has 0 bridgehead atoms. The highest BCUT2D eigenvalue weighted by atomic mass is 35.5. The van der Waals surface area contributed by atoms with Crippen LogP contribution in [-0.2, 0) is 11.2 Å². The van der Waals surface area contributed by atoms with Crippen molar-refractivity contribution in [2.45, 2.75) is 26.7 Å². The molecule has 0 aliphatic rings. The Morgan fingerprint density at radius 3 is 2.60 bits per heavy atom. The van der Waals surface area contributed by atoms with E-state index in [0.29, 0.717) is 34.4 Å². The van der Waals surface area contributed by atoms with Crippen LogP contribution in [0.1, 0.15) is 23.1 Å². The predicted octanol–water partition coefficient (Wildman–Crippen LogP) is 5.10. The van der Waals surface area contributed by atoms with Crippen molar-refractivity contribution in [2.75, 3.05) is 39.2 Å². The van der Waals surface area contributed by atoms with Crippen LogP contribution in [0, 0.1) is 13.8 Å². The van der Waals surface area contributed by atoms with Gasteiger partial charge in [-0.2, -0.15) is 0 Å². The van der Waals surface area contributed by atoms with Crippen molar-refractivity contribution < 1.29 is 9.53 Å². The van der Waals surface area contributed by atoms with Gasteiger partial charge in [-0.05, 0) is 64.2 Å². The van der Waals surface area contributed by atoms with Gasteiger partial charge in [0.1, 0.15) is 11.3 Å². The van der Waals surface area contributed by atoms with E-state index in [1.807, 2.05) is 39.2 Å². The first-order valence-electron chi connectivity index (χ1n) is 9.94. The van der Waals surface area contributed by atoms with Gasteiger partial charge in [-0.1, -0.05) is 46.7 Å². The summed E-state index contributed by atoms with van der Waals surface area (Å²) in [5.74, 6) is 0.696. The molecule has 0 saturated heterocycles. The summed E-state index contributed by atoms with van der Waals surface area (Å²) in [5.41, 5.74) is 4.06. The summed E-state index contributed by atoms with van der Waals surface area (Å²) >= 11 is 7.83. The zero-order valence-corrected chi connectivity index (χ0v) is 19.7. The number of halogens is 1. The van der Waals surface area contributed by atoms with Crippen molar-refractivity contribution in [3.8, 4) is 5.75 Å². The second-order valence-corrected chi connectivity index (χ2v) is 9.12. The monoisotopic (exact) mass is 445 g/mol. The van der Waals surface area contributed by atoms with Crippen molar-refractivity contribution in [1.82, 2.24) is 9.88 Å². The summed E-state index contributed by atoms with van der Waals surface area (Å²) in [6.07, 6.45) is 1.20. The average Bonchev–Trinajstić information content (AvgIpc) is 3.13. The lowest BCUT2D eigenvalue weighted by Crippen LogP contribution is -2.34. The number of amides is 1. The summed E-state index contributed by atoms with van der Waals surface area (Å²) in [6.45, 7) is 5.60. The number of rotatable bonds is 8. The number of ether oxygens (including phenoxy) is 1. The standard InChI is InChI=1S/C23H28ClN3O2S/c1-15-7-8-17(16(2)13-15)14-20(28)27(12-6-11-26(3)4)23-25-21-19(29-5)10-9-18(24)22(21)30-23/h7-10,13H,6,11-12,14H2,1-5H3. The topological polar surface area (TPSA) is 45.7 Å². The van der Waals surface area contributed by atoms with Crippen molar-refractivity contribution >= 4 is 44.2 Å². The molecule has 0 atom stereocenters. The lowest BCUT2D eigenvalue weighted by Gasteiger charge is -2.21. The second-order valence-electron chi connectivity index (χ2n) is 7.73. The number of aromatic nitrogens is 1. The molecule has 1 heterocycles. The quantitative estimate of drug-likeness (QED) is 0.483. The van der Waals surface area contributed by atoms with Gasteiger partial charge in [-0.25, -0.2) is 4.98 Å². The molecular formula is C23H28ClN3O2S. The van der Waals surface area contributed by atoms with E-state index in [1.54, 1.807) is 18.1 Å². The van der Waals surface area contributed by atoms with Crippen LogP contribution in [0.25, 0.3) is 10.2 Å². The molecule has 1 amide bonds. The van der Waals surface area contributed by atoms with Gasteiger partial charge in [-0.15, -0.1) is 0 Å². The van der Waals surface area contributed by atoms with Crippen LogP contribution in [0.2, 0.25) is 5.02 Å². The third-order valence-electron chi connectivity index (χ3n) is 5.03. The van der Waals surface area contributed by atoms with Gasteiger partial charge in [0, 0.05) is 6.54 Å². The van der Waals surface area contributed by atoms with Gasteiger partial charge in [-0.3, -0.25) is 9.69 Å². The maximum atomic E-state index is 13.4. The number of methoxy groups -OCH3 is 1. The third kappa shape index (κ3) is 5.12. The van der Waals surface area contributed by atoms with Crippen molar-refractivity contribution in [3.63, 3.8) is 0 Å². The van der Waals surface area contributed by atoms with E-state index in [0.717, 1.165) is 28.8 Å². The molecule has 0 radical (unpaired) electrons. The number of aryl methyl sites for hydroxylation is 2. The van der Waals surface area contributed by atoms with E-state index in [1.165, 1.54) is 16.9 Å². The van der Waals surface area contributed by atoms with Crippen LogP contribution < -0.4 is 9.64 Å². The van der Waals surface area contributed by atoms with Crippen LogP contribution >= 0.6 is 22.9 Å². The molecule has 0 spiro atoms. The molecule has 3 aromatic rings. The Kier molecular flexibility index (Phi) is 7.34. The molecule has 30 heavy (non-hydrogen) atoms. The van der Waals surface area contributed by atoms with Crippen LogP contribution in [0.3, 0.4) is 0 Å². The highest BCUT2D eigenvalue weighted by Crippen LogP contribution is 2.39. The number of carbonyl (C=O) groups is 1. The molecule has 1 aromatic heterocycles. The molecule has 0 fully saturated rings. The number of fused-ring (bicyclic) bond motifs is 1. The van der Waals surface area contributed by atoms with Gasteiger partial charge in [0.25, 0.3) is 0 Å². The first-order chi connectivity index (χ1) is 14.3. The first kappa shape index (κ1) is 22.5.